The van der Waals surface area contributed by atoms with E-state index in [4.69, 9.17) is 10.4 Å². The molecule has 0 aliphatic carbocycles. The molecular formula is C13H17FN2OS. The minimum absolute atomic E-state index is 0.0182. The number of nitriles is 1. The molecule has 1 rings (SSSR count). The predicted octanol–water partition coefficient (Wildman–Crippen LogP) is 2.59. The molecule has 18 heavy (non-hydrogen) atoms. The van der Waals surface area contributed by atoms with Gasteiger partial charge in [-0.05, 0) is 49.9 Å². The van der Waals surface area contributed by atoms with E-state index < -0.39 is 21.5 Å². The molecule has 1 aromatic carbocycles. The monoisotopic (exact) mass is 268 g/mol. The standard InChI is InChI=1S/C13H17FN2OS/c1-9(7-13(2,3)18(16)17)11-4-10(8-15)5-12(14)6-11/h4-6,9H,7,16H2,1-3H3/t9-,18?/m1/s1. The van der Waals surface area contributed by atoms with Crippen molar-refractivity contribution in [1.29, 1.82) is 5.26 Å². The molecule has 5 heteroatoms. The summed E-state index contributed by atoms with van der Waals surface area (Å²) in [5.41, 5.74) is 1.02. The molecule has 1 unspecified atom stereocenters. The van der Waals surface area contributed by atoms with Crippen LogP contribution in [0.5, 0.6) is 0 Å². The molecule has 0 heterocycles. The number of hydrogen-bond acceptors (Lipinski definition) is 2. The highest BCUT2D eigenvalue weighted by Crippen LogP contribution is 2.29. The first-order valence-electron chi connectivity index (χ1n) is 5.63. The minimum Gasteiger partial charge on any atom is -0.251 e. The third kappa shape index (κ3) is 3.62. The Morgan fingerprint density at radius 2 is 2.11 bits per heavy atom. The van der Waals surface area contributed by atoms with Crippen LogP contribution in [-0.2, 0) is 11.0 Å². The molecule has 0 amide bonds. The van der Waals surface area contributed by atoms with Crippen molar-refractivity contribution in [2.24, 2.45) is 5.14 Å². The lowest BCUT2D eigenvalue weighted by molar-refractivity contribution is 0.537. The van der Waals surface area contributed by atoms with Crippen LogP contribution in [0.2, 0.25) is 0 Å². The van der Waals surface area contributed by atoms with Gasteiger partial charge in [0, 0.05) is 0 Å². The molecule has 0 bridgehead atoms. The first kappa shape index (κ1) is 14.8. The largest absolute Gasteiger partial charge is 0.251 e. The summed E-state index contributed by atoms with van der Waals surface area (Å²) in [7, 11) is -1.44. The minimum atomic E-state index is -1.44. The Labute approximate surface area is 109 Å². The average Bonchev–Trinajstić information content (AvgIpc) is 2.27. The van der Waals surface area contributed by atoms with E-state index in [0.29, 0.717) is 12.0 Å². The molecule has 3 nitrogen and oxygen atoms in total. The van der Waals surface area contributed by atoms with Crippen molar-refractivity contribution in [3.63, 3.8) is 0 Å². The summed E-state index contributed by atoms with van der Waals surface area (Å²) in [6.45, 7) is 5.53. The van der Waals surface area contributed by atoms with Crippen LogP contribution in [0.15, 0.2) is 18.2 Å². The Morgan fingerprint density at radius 1 is 1.50 bits per heavy atom. The van der Waals surface area contributed by atoms with Crippen LogP contribution < -0.4 is 5.14 Å². The number of nitrogens with two attached hydrogens (primary N) is 1. The molecule has 0 saturated carbocycles. The van der Waals surface area contributed by atoms with Crippen molar-refractivity contribution in [2.75, 3.05) is 0 Å². The van der Waals surface area contributed by atoms with Crippen LogP contribution in [-0.4, -0.2) is 8.96 Å². The molecule has 0 aromatic heterocycles. The first-order chi connectivity index (χ1) is 8.26. The van der Waals surface area contributed by atoms with Crippen LogP contribution in [0.25, 0.3) is 0 Å². The van der Waals surface area contributed by atoms with Gasteiger partial charge in [-0.3, -0.25) is 5.14 Å². The average molecular weight is 268 g/mol. The molecule has 98 valence electrons. The molecule has 0 aliphatic rings. The van der Waals surface area contributed by atoms with E-state index in [9.17, 15) is 8.60 Å². The number of benzene rings is 1. The summed E-state index contributed by atoms with van der Waals surface area (Å²) in [5, 5.41) is 14.2. The van der Waals surface area contributed by atoms with E-state index in [2.05, 4.69) is 0 Å². The van der Waals surface area contributed by atoms with Gasteiger partial charge in [0.25, 0.3) is 0 Å². The van der Waals surface area contributed by atoms with Gasteiger partial charge in [-0.25, -0.2) is 8.60 Å². The van der Waals surface area contributed by atoms with Crippen molar-refractivity contribution in [1.82, 2.24) is 0 Å². The number of rotatable bonds is 4. The zero-order valence-corrected chi connectivity index (χ0v) is 11.6. The van der Waals surface area contributed by atoms with E-state index in [-0.39, 0.29) is 5.92 Å². The molecule has 0 aliphatic heterocycles. The summed E-state index contributed by atoms with van der Waals surface area (Å²) >= 11 is 0. The van der Waals surface area contributed by atoms with Crippen LogP contribution in [0.4, 0.5) is 4.39 Å². The maximum absolute atomic E-state index is 13.3. The van der Waals surface area contributed by atoms with Crippen molar-refractivity contribution in [3.05, 3.63) is 35.1 Å². The molecule has 2 atom stereocenters. The Morgan fingerprint density at radius 3 is 2.61 bits per heavy atom. The van der Waals surface area contributed by atoms with Gasteiger partial charge in [0.1, 0.15) is 5.82 Å². The lowest BCUT2D eigenvalue weighted by Crippen LogP contribution is -2.33. The van der Waals surface area contributed by atoms with Crippen LogP contribution in [0.3, 0.4) is 0 Å². The summed E-state index contributed by atoms with van der Waals surface area (Å²) < 4.78 is 24.2. The van der Waals surface area contributed by atoms with E-state index >= 15 is 0 Å². The molecule has 0 fully saturated rings. The van der Waals surface area contributed by atoms with Gasteiger partial charge in [-0.2, -0.15) is 5.26 Å². The number of halogens is 1. The Balaban J connectivity index is 2.98. The normalized spacial score (nSPS) is 14.9. The highest BCUT2D eigenvalue weighted by molar-refractivity contribution is 7.84. The Kier molecular flexibility index (Phi) is 4.60. The van der Waals surface area contributed by atoms with Gasteiger partial charge in [0.15, 0.2) is 0 Å². The fourth-order valence-electron chi connectivity index (χ4n) is 1.90. The van der Waals surface area contributed by atoms with Crippen LogP contribution in [0.1, 0.15) is 44.2 Å². The fourth-order valence-corrected chi connectivity index (χ4v) is 2.31. The van der Waals surface area contributed by atoms with Crippen molar-refractivity contribution < 1.29 is 8.60 Å². The third-order valence-corrected chi connectivity index (χ3v) is 4.22. The smallest absolute Gasteiger partial charge is 0.124 e. The highest BCUT2D eigenvalue weighted by Gasteiger charge is 2.26. The van der Waals surface area contributed by atoms with Crippen molar-refractivity contribution in [2.45, 2.75) is 37.9 Å². The van der Waals surface area contributed by atoms with E-state index in [1.807, 2.05) is 26.8 Å². The maximum Gasteiger partial charge on any atom is 0.124 e. The molecular weight excluding hydrogens is 251 g/mol. The molecule has 2 N–H and O–H groups in total. The van der Waals surface area contributed by atoms with Gasteiger partial charge in [-0.1, -0.05) is 6.92 Å². The van der Waals surface area contributed by atoms with E-state index in [0.717, 1.165) is 5.56 Å². The second kappa shape index (κ2) is 5.59. The second-order valence-electron chi connectivity index (χ2n) is 5.05. The third-order valence-electron chi connectivity index (χ3n) is 2.96. The van der Waals surface area contributed by atoms with E-state index in [1.54, 1.807) is 6.07 Å². The van der Waals surface area contributed by atoms with Crippen molar-refractivity contribution >= 4 is 11.0 Å². The van der Waals surface area contributed by atoms with Crippen LogP contribution >= 0.6 is 0 Å². The quantitative estimate of drug-likeness (QED) is 0.912. The lowest BCUT2D eigenvalue weighted by Gasteiger charge is -2.25. The number of nitrogens with zero attached hydrogens (tertiary/aromatic N) is 1. The highest BCUT2D eigenvalue weighted by atomic mass is 32.2. The Bertz CT molecular complexity index is 508. The molecule has 1 aromatic rings. The van der Waals surface area contributed by atoms with Gasteiger partial charge in [0.2, 0.25) is 0 Å². The predicted molar refractivity (Wildman–Crippen MR) is 70.6 cm³/mol. The maximum atomic E-state index is 13.3. The van der Waals surface area contributed by atoms with Crippen molar-refractivity contribution in [3.8, 4) is 6.07 Å². The molecule has 0 saturated heterocycles. The van der Waals surface area contributed by atoms with Gasteiger partial charge in [0.05, 0.1) is 27.4 Å². The SMILES string of the molecule is C[C@H](CC(C)(C)S(N)=O)c1cc(F)cc(C#N)c1. The van der Waals surface area contributed by atoms with Gasteiger partial charge < -0.3 is 0 Å². The molecule has 0 spiro atoms. The summed E-state index contributed by atoms with van der Waals surface area (Å²) in [4.78, 5) is 0. The van der Waals surface area contributed by atoms with E-state index in [1.165, 1.54) is 12.1 Å². The second-order valence-corrected chi connectivity index (χ2v) is 6.75. The Hall–Kier alpha value is -1.25. The fraction of sp³-hybridized carbons (Fsp3) is 0.462. The topological polar surface area (TPSA) is 66.9 Å². The lowest BCUT2D eigenvalue weighted by atomic mass is 9.90. The summed E-state index contributed by atoms with van der Waals surface area (Å²) in [6.07, 6.45) is 0.560. The zero-order valence-electron chi connectivity index (χ0n) is 10.7. The number of hydrogen-bond donors (Lipinski definition) is 1. The summed E-state index contributed by atoms with van der Waals surface area (Å²) in [6, 6.07) is 6.18. The first-order valence-corrected chi connectivity index (χ1v) is 6.84. The molecule has 0 radical (unpaired) electrons. The zero-order chi connectivity index (χ0) is 13.9. The van der Waals surface area contributed by atoms with Gasteiger partial charge in [-0.15, -0.1) is 0 Å². The van der Waals surface area contributed by atoms with Crippen LogP contribution in [0, 0.1) is 17.1 Å². The van der Waals surface area contributed by atoms with Gasteiger partial charge >= 0.3 is 0 Å². The summed E-state index contributed by atoms with van der Waals surface area (Å²) in [5.74, 6) is -0.446.